The lowest BCUT2D eigenvalue weighted by atomic mass is 9.51. The molecule has 1 aromatic carbocycles. The Balaban J connectivity index is 0.00000182. The average molecular weight is 404 g/mol. The van der Waals surface area contributed by atoms with Crippen molar-refractivity contribution in [2.45, 2.75) is 37.5 Å². The molecule has 3 aliphatic rings. The first-order valence-electron chi connectivity index (χ1n) is 9.52. The molecule has 136 valence electrons. The topological polar surface area (TPSA) is 20.2 Å². The quantitative estimate of drug-likeness (QED) is 0.591. The van der Waals surface area contributed by atoms with E-state index in [0.717, 1.165) is 29.4 Å². The number of phenolic OH excluding ortho intramolecular Hbond substituents is 1. The molecular weight excluding hydrogens is 374 g/mol. The Morgan fingerprint density at radius 3 is 2.68 bits per heavy atom. The van der Waals surface area contributed by atoms with E-state index in [9.17, 15) is 5.11 Å². The number of rotatable bonds is 4. The predicted molar refractivity (Wildman–Crippen MR) is 99.1 cm³/mol. The largest absolute Gasteiger partial charge is 1.00 e. The van der Waals surface area contributed by atoms with E-state index in [1.165, 1.54) is 56.3 Å². The van der Waals surface area contributed by atoms with Gasteiger partial charge in [0, 0.05) is 11.3 Å². The van der Waals surface area contributed by atoms with Gasteiger partial charge in [-0.05, 0) is 60.6 Å². The minimum Gasteiger partial charge on any atom is -1.00 e. The first-order chi connectivity index (χ1) is 11.6. The third-order valence-electron chi connectivity index (χ3n) is 7.05. The van der Waals surface area contributed by atoms with Crippen LogP contribution in [0.3, 0.4) is 0 Å². The van der Waals surface area contributed by atoms with E-state index in [1.54, 1.807) is 0 Å². The molecule has 2 fully saturated rings. The van der Waals surface area contributed by atoms with E-state index in [2.05, 4.69) is 37.4 Å². The van der Waals surface area contributed by atoms with Crippen molar-refractivity contribution in [1.29, 1.82) is 0 Å². The highest BCUT2D eigenvalue weighted by atomic mass is 79.9. The number of phenols is 1. The van der Waals surface area contributed by atoms with Gasteiger partial charge in [-0.3, -0.25) is 0 Å². The highest BCUT2D eigenvalue weighted by Gasteiger charge is 2.58. The summed E-state index contributed by atoms with van der Waals surface area (Å²) in [6, 6.07) is 6.15. The van der Waals surface area contributed by atoms with E-state index in [0.29, 0.717) is 5.75 Å². The molecule has 0 radical (unpaired) electrons. The van der Waals surface area contributed by atoms with Gasteiger partial charge in [0.05, 0.1) is 26.2 Å². The number of fused-ring (bicyclic) bond motifs is 1. The third kappa shape index (κ3) is 2.90. The lowest BCUT2D eigenvalue weighted by Gasteiger charge is -2.61. The van der Waals surface area contributed by atoms with Gasteiger partial charge in [0.25, 0.3) is 0 Å². The average Bonchev–Trinajstić information content (AvgIpc) is 2.56. The number of hydrogen-bond donors (Lipinski definition) is 1. The molecule has 4 rings (SSSR count). The minimum absolute atomic E-state index is 0. The highest BCUT2D eigenvalue weighted by Crippen LogP contribution is 2.57. The Labute approximate surface area is 162 Å². The van der Waals surface area contributed by atoms with Crippen LogP contribution in [0.4, 0.5) is 0 Å². The van der Waals surface area contributed by atoms with Gasteiger partial charge in [0.2, 0.25) is 0 Å². The molecule has 25 heavy (non-hydrogen) atoms. The fourth-order valence-corrected chi connectivity index (χ4v) is 6.45. The maximum Gasteiger partial charge on any atom is 0.115 e. The number of aromatic hydroxyl groups is 1. The molecule has 1 aliphatic heterocycles. The zero-order valence-electron chi connectivity index (χ0n) is 15.1. The summed E-state index contributed by atoms with van der Waals surface area (Å²) in [5.41, 5.74) is 3.20. The monoisotopic (exact) mass is 403 g/mol. The van der Waals surface area contributed by atoms with Crippen LogP contribution in [0.25, 0.3) is 0 Å². The lowest BCUT2D eigenvalue weighted by molar-refractivity contribution is -0.932. The van der Waals surface area contributed by atoms with Crippen LogP contribution in [-0.2, 0) is 11.8 Å². The molecule has 1 N–H and O–H groups in total. The second-order valence-electron chi connectivity index (χ2n) is 8.44. The molecule has 0 aromatic heterocycles. The van der Waals surface area contributed by atoms with Crippen LogP contribution in [-0.4, -0.2) is 35.8 Å². The molecule has 2 aliphatic carbocycles. The first-order valence-corrected chi connectivity index (χ1v) is 9.52. The molecule has 3 atom stereocenters. The Bertz CT molecular complexity index is 660. The summed E-state index contributed by atoms with van der Waals surface area (Å²) >= 11 is 0. The predicted octanol–water partition coefficient (Wildman–Crippen LogP) is 1.20. The van der Waals surface area contributed by atoms with Crippen molar-refractivity contribution in [2.24, 2.45) is 11.8 Å². The van der Waals surface area contributed by atoms with Crippen molar-refractivity contribution in [3.05, 3.63) is 54.6 Å². The molecule has 1 saturated carbocycles. The van der Waals surface area contributed by atoms with Gasteiger partial charge in [-0.15, -0.1) is 0 Å². The minimum atomic E-state index is 0. The van der Waals surface area contributed by atoms with Gasteiger partial charge in [-0.1, -0.05) is 32.1 Å². The fraction of sp³-hybridized carbons (Fsp3) is 0.545. The maximum absolute atomic E-state index is 10.2. The zero-order chi connectivity index (χ0) is 16.8. The number of piperidine rings is 1. The Morgan fingerprint density at radius 1 is 1.20 bits per heavy atom. The normalized spacial score (nSPS) is 31.8. The van der Waals surface area contributed by atoms with Crippen molar-refractivity contribution < 1.29 is 26.6 Å². The number of likely N-dealkylation sites (tertiary alicyclic amines) is 1. The smallest absolute Gasteiger partial charge is 0.115 e. The molecule has 2 bridgehead atoms. The molecule has 0 spiro atoms. The molecule has 1 heterocycles. The Morgan fingerprint density at radius 2 is 1.96 bits per heavy atom. The zero-order valence-corrected chi connectivity index (χ0v) is 16.7. The Kier molecular flexibility index (Phi) is 5.18. The summed E-state index contributed by atoms with van der Waals surface area (Å²) in [4.78, 5) is 0. The number of nitrogens with zero attached hydrogens (tertiary/aromatic N) is 1. The summed E-state index contributed by atoms with van der Waals surface area (Å²) in [6.45, 7) is 12.6. The van der Waals surface area contributed by atoms with Crippen molar-refractivity contribution in [2.75, 3.05) is 26.2 Å². The number of halogens is 1. The van der Waals surface area contributed by atoms with Crippen LogP contribution in [0.1, 0.15) is 36.8 Å². The van der Waals surface area contributed by atoms with Crippen molar-refractivity contribution in [3.63, 3.8) is 0 Å². The van der Waals surface area contributed by atoms with Crippen LogP contribution in [0.5, 0.6) is 5.75 Å². The number of hydrogen-bond acceptors (Lipinski definition) is 1. The van der Waals surface area contributed by atoms with E-state index in [-0.39, 0.29) is 22.4 Å². The van der Waals surface area contributed by atoms with Crippen LogP contribution in [0.2, 0.25) is 0 Å². The van der Waals surface area contributed by atoms with Gasteiger partial charge >= 0.3 is 0 Å². The molecular formula is C22H30BrNO. The van der Waals surface area contributed by atoms with E-state index < -0.39 is 0 Å². The lowest BCUT2D eigenvalue weighted by Crippen LogP contribution is -3.00. The highest BCUT2D eigenvalue weighted by molar-refractivity contribution is 5.44. The van der Waals surface area contributed by atoms with Crippen molar-refractivity contribution >= 4 is 0 Å². The molecule has 2 nitrogen and oxygen atoms in total. The standard InChI is InChI=1S/C22H29NO.BrH/c1-3-11-23(12-4-2)15-18-13-17-8-9-19(24)14-21(17)22(16-23)10-6-5-7-20(18)22;/h3-4,8-9,14,18,20H,1-2,5-7,10-13,15-16H2;1H. The van der Waals surface area contributed by atoms with Gasteiger partial charge in [-0.25, -0.2) is 0 Å². The summed E-state index contributed by atoms with van der Waals surface area (Å²) in [5, 5.41) is 10.2. The van der Waals surface area contributed by atoms with Gasteiger partial charge in [0.15, 0.2) is 0 Å². The van der Waals surface area contributed by atoms with Crippen LogP contribution < -0.4 is 17.0 Å². The molecule has 3 unspecified atom stereocenters. The van der Waals surface area contributed by atoms with Gasteiger partial charge in [-0.2, -0.15) is 0 Å². The van der Waals surface area contributed by atoms with Crippen LogP contribution >= 0.6 is 0 Å². The third-order valence-corrected chi connectivity index (χ3v) is 7.05. The Hall–Kier alpha value is -1.06. The SMILES string of the molecule is C=CC[N+]1(CC=C)CC2Cc3ccc(O)cc3C3(CCCCC23)C1.[Br-]. The summed E-state index contributed by atoms with van der Waals surface area (Å²) in [6.07, 6.45) is 10.7. The molecule has 0 amide bonds. The number of quaternary nitrogens is 1. The van der Waals surface area contributed by atoms with Crippen molar-refractivity contribution in [1.82, 2.24) is 0 Å². The van der Waals surface area contributed by atoms with E-state index in [1.807, 2.05) is 6.07 Å². The van der Waals surface area contributed by atoms with Crippen LogP contribution in [0, 0.1) is 11.8 Å². The van der Waals surface area contributed by atoms with Gasteiger partial charge in [0.1, 0.15) is 5.75 Å². The second-order valence-corrected chi connectivity index (χ2v) is 8.44. The molecule has 1 saturated heterocycles. The van der Waals surface area contributed by atoms with Crippen LogP contribution in [0.15, 0.2) is 43.5 Å². The van der Waals surface area contributed by atoms with Crippen molar-refractivity contribution in [3.8, 4) is 5.75 Å². The second kappa shape index (κ2) is 6.92. The number of benzene rings is 1. The fourth-order valence-electron chi connectivity index (χ4n) is 6.45. The summed E-state index contributed by atoms with van der Waals surface area (Å²) in [7, 11) is 0. The molecule has 3 heteroatoms. The summed E-state index contributed by atoms with van der Waals surface area (Å²) < 4.78 is 1.10. The first kappa shape index (κ1) is 18.7. The summed E-state index contributed by atoms with van der Waals surface area (Å²) in [5.74, 6) is 1.99. The van der Waals surface area contributed by atoms with E-state index in [4.69, 9.17) is 0 Å². The maximum atomic E-state index is 10.2. The van der Waals surface area contributed by atoms with Gasteiger partial charge < -0.3 is 26.6 Å². The van der Waals surface area contributed by atoms with E-state index >= 15 is 0 Å². The molecule has 1 aromatic rings.